The van der Waals surface area contributed by atoms with E-state index in [0.717, 1.165) is 11.3 Å². The zero-order valence-corrected chi connectivity index (χ0v) is 18.7. The second kappa shape index (κ2) is 10.3. The molecule has 3 aromatic rings. The van der Waals surface area contributed by atoms with Crippen molar-refractivity contribution in [1.82, 2.24) is 4.98 Å². The van der Waals surface area contributed by atoms with Crippen molar-refractivity contribution in [3.63, 3.8) is 0 Å². The Morgan fingerprint density at radius 3 is 1.94 bits per heavy atom. The molecule has 3 rings (SSSR count). The summed E-state index contributed by atoms with van der Waals surface area (Å²) in [5.74, 6) is 2.36. The number of carbonyl (C=O) groups excluding carboxylic acids is 1. The van der Waals surface area contributed by atoms with E-state index in [0.29, 0.717) is 40.0 Å². The summed E-state index contributed by atoms with van der Waals surface area (Å²) in [5.41, 5.74) is 2.60. The summed E-state index contributed by atoms with van der Waals surface area (Å²) < 4.78 is 26.6. The second-order valence-electron chi connectivity index (χ2n) is 6.66. The highest BCUT2D eigenvalue weighted by Gasteiger charge is 2.16. The lowest BCUT2D eigenvalue weighted by Crippen LogP contribution is -2.00. The van der Waals surface area contributed by atoms with Gasteiger partial charge in [0, 0.05) is 17.2 Å². The Bertz CT molecular complexity index is 1090. The molecule has 0 saturated carbocycles. The molecule has 0 bridgehead atoms. The summed E-state index contributed by atoms with van der Waals surface area (Å²) in [5, 5.41) is 0. The van der Waals surface area contributed by atoms with Gasteiger partial charge in [-0.05, 0) is 48.6 Å². The van der Waals surface area contributed by atoms with Gasteiger partial charge in [-0.15, -0.1) is 0 Å². The zero-order chi connectivity index (χ0) is 23.1. The molecule has 7 nitrogen and oxygen atoms in total. The second-order valence-corrected chi connectivity index (χ2v) is 6.66. The molecule has 1 heterocycles. The first-order chi connectivity index (χ1) is 15.5. The minimum Gasteiger partial charge on any atom is -0.497 e. The van der Waals surface area contributed by atoms with Crippen molar-refractivity contribution in [1.29, 1.82) is 0 Å². The first-order valence-electron chi connectivity index (χ1n) is 9.75. The number of aromatic nitrogens is 1. The van der Waals surface area contributed by atoms with Gasteiger partial charge >= 0.3 is 0 Å². The smallest absolute Gasteiger partial charge is 0.203 e. The van der Waals surface area contributed by atoms with Gasteiger partial charge in [-0.25, -0.2) is 4.98 Å². The van der Waals surface area contributed by atoms with E-state index in [1.54, 1.807) is 38.5 Å². The minimum absolute atomic E-state index is 0.223. The molecule has 0 radical (unpaired) electrons. The Labute approximate surface area is 187 Å². The maximum atomic E-state index is 12.8. The molecule has 0 unspecified atom stereocenters. The van der Waals surface area contributed by atoms with Gasteiger partial charge in [-0.3, -0.25) is 4.79 Å². The van der Waals surface area contributed by atoms with Crippen molar-refractivity contribution in [3.05, 3.63) is 65.9 Å². The van der Waals surface area contributed by atoms with Gasteiger partial charge in [0.15, 0.2) is 17.3 Å². The number of carbonyl (C=O) groups is 1. The Balaban J connectivity index is 1.89. The van der Waals surface area contributed by atoms with Crippen LogP contribution in [0.25, 0.3) is 17.3 Å². The first-order valence-corrected chi connectivity index (χ1v) is 9.75. The molecule has 0 amide bonds. The quantitative estimate of drug-likeness (QED) is 0.357. The number of hydrogen-bond donors (Lipinski definition) is 0. The number of allylic oxidation sites excluding steroid dienone is 1. The molecule has 7 heteroatoms. The van der Waals surface area contributed by atoms with Crippen molar-refractivity contribution >= 4 is 11.9 Å². The van der Waals surface area contributed by atoms with E-state index in [1.165, 1.54) is 27.4 Å². The number of pyridine rings is 1. The third-order valence-corrected chi connectivity index (χ3v) is 4.77. The van der Waals surface area contributed by atoms with Crippen LogP contribution in [0.15, 0.2) is 54.6 Å². The molecule has 0 atom stereocenters. The van der Waals surface area contributed by atoms with E-state index in [4.69, 9.17) is 23.7 Å². The number of nitrogens with zero attached hydrogens (tertiary/aromatic N) is 1. The van der Waals surface area contributed by atoms with E-state index in [-0.39, 0.29) is 5.78 Å². The fourth-order valence-electron chi connectivity index (χ4n) is 3.14. The van der Waals surface area contributed by atoms with Crippen LogP contribution in [-0.2, 0) is 0 Å². The number of hydrogen-bond acceptors (Lipinski definition) is 7. The maximum absolute atomic E-state index is 12.8. The van der Waals surface area contributed by atoms with Gasteiger partial charge in [0.05, 0.1) is 46.9 Å². The highest BCUT2D eigenvalue weighted by Crippen LogP contribution is 2.38. The van der Waals surface area contributed by atoms with Crippen molar-refractivity contribution in [3.8, 4) is 40.0 Å². The van der Waals surface area contributed by atoms with Crippen molar-refractivity contribution in [2.24, 2.45) is 0 Å². The van der Waals surface area contributed by atoms with Crippen LogP contribution in [0.2, 0.25) is 0 Å². The number of rotatable bonds is 9. The normalized spacial score (nSPS) is 10.7. The molecule has 32 heavy (non-hydrogen) atoms. The van der Waals surface area contributed by atoms with E-state index in [9.17, 15) is 4.79 Å². The van der Waals surface area contributed by atoms with E-state index < -0.39 is 0 Å². The lowest BCUT2D eigenvalue weighted by molar-refractivity contribution is 0.104. The lowest BCUT2D eigenvalue weighted by atomic mass is 10.1. The first kappa shape index (κ1) is 22.7. The van der Waals surface area contributed by atoms with Crippen LogP contribution in [0, 0.1) is 0 Å². The Morgan fingerprint density at radius 2 is 1.41 bits per heavy atom. The summed E-state index contributed by atoms with van der Waals surface area (Å²) >= 11 is 0. The highest BCUT2D eigenvalue weighted by molar-refractivity contribution is 6.07. The monoisotopic (exact) mass is 435 g/mol. The molecule has 0 spiro atoms. The third-order valence-electron chi connectivity index (χ3n) is 4.77. The molecule has 0 saturated heterocycles. The third kappa shape index (κ3) is 5.00. The molecular formula is C25H25NO6. The summed E-state index contributed by atoms with van der Waals surface area (Å²) in [7, 11) is 7.72. The van der Waals surface area contributed by atoms with Gasteiger partial charge < -0.3 is 23.7 Å². The number of methoxy groups -OCH3 is 5. The van der Waals surface area contributed by atoms with E-state index in [2.05, 4.69) is 4.98 Å². The molecule has 166 valence electrons. The predicted molar refractivity (Wildman–Crippen MR) is 122 cm³/mol. The Kier molecular flexibility index (Phi) is 7.33. The van der Waals surface area contributed by atoms with Crippen LogP contribution in [0.3, 0.4) is 0 Å². The van der Waals surface area contributed by atoms with Gasteiger partial charge in [-0.2, -0.15) is 0 Å². The molecule has 0 aliphatic carbocycles. The summed E-state index contributed by atoms with van der Waals surface area (Å²) in [6.45, 7) is 0. The SMILES string of the molecule is COc1cc(OC)cc(-c2cccc(C=CC(=O)c3cc(OC)c(OC)c(OC)c3)n2)c1. The summed E-state index contributed by atoms with van der Waals surface area (Å²) in [4.78, 5) is 17.4. The topological polar surface area (TPSA) is 76.1 Å². The molecule has 0 aliphatic heterocycles. The van der Waals surface area contributed by atoms with Crippen molar-refractivity contribution in [2.75, 3.05) is 35.5 Å². The average Bonchev–Trinajstić information content (AvgIpc) is 2.85. The minimum atomic E-state index is -0.223. The maximum Gasteiger partial charge on any atom is 0.203 e. The van der Waals surface area contributed by atoms with Crippen LogP contribution in [0.4, 0.5) is 0 Å². The number of ether oxygens (including phenoxy) is 5. The average molecular weight is 435 g/mol. The molecule has 2 aromatic carbocycles. The predicted octanol–water partition coefficient (Wildman–Crippen LogP) is 4.69. The molecule has 0 fully saturated rings. The fourth-order valence-corrected chi connectivity index (χ4v) is 3.14. The number of ketones is 1. The van der Waals surface area contributed by atoms with E-state index in [1.807, 2.05) is 30.3 Å². The van der Waals surface area contributed by atoms with Gasteiger partial charge in [0.25, 0.3) is 0 Å². The van der Waals surface area contributed by atoms with Crippen LogP contribution < -0.4 is 23.7 Å². The number of benzene rings is 2. The fraction of sp³-hybridized carbons (Fsp3) is 0.200. The van der Waals surface area contributed by atoms with E-state index >= 15 is 0 Å². The molecule has 0 N–H and O–H groups in total. The Hall–Kier alpha value is -4.00. The zero-order valence-electron chi connectivity index (χ0n) is 18.7. The molecular weight excluding hydrogens is 410 g/mol. The molecule has 1 aromatic heterocycles. The van der Waals surface area contributed by atoms with Crippen LogP contribution in [-0.4, -0.2) is 46.3 Å². The highest BCUT2D eigenvalue weighted by atomic mass is 16.5. The van der Waals surface area contributed by atoms with Gasteiger partial charge in [0.2, 0.25) is 5.75 Å². The largest absolute Gasteiger partial charge is 0.497 e. The summed E-state index contributed by atoms with van der Waals surface area (Å²) in [6, 6.07) is 14.3. The Morgan fingerprint density at radius 1 is 0.781 bits per heavy atom. The van der Waals surface area contributed by atoms with Crippen molar-refractivity contribution < 1.29 is 28.5 Å². The van der Waals surface area contributed by atoms with Gasteiger partial charge in [-0.1, -0.05) is 6.07 Å². The standard InChI is InChI=1S/C25H25NO6/c1-28-19-11-16(12-20(15-19)29-2)21-8-6-7-18(26-21)9-10-22(27)17-13-23(30-3)25(32-5)24(14-17)31-4/h6-15H,1-5H3. The van der Waals surface area contributed by atoms with Crippen LogP contribution >= 0.6 is 0 Å². The van der Waals surface area contributed by atoms with Crippen LogP contribution in [0.1, 0.15) is 16.1 Å². The molecule has 0 aliphatic rings. The van der Waals surface area contributed by atoms with Crippen molar-refractivity contribution in [2.45, 2.75) is 0 Å². The van der Waals surface area contributed by atoms with Gasteiger partial charge in [0.1, 0.15) is 11.5 Å². The van der Waals surface area contributed by atoms with Crippen LogP contribution in [0.5, 0.6) is 28.7 Å². The lowest BCUT2D eigenvalue weighted by Gasteiger charge is -2.13. The summed E-state index contributed by atoms with van der Waals surface area (Å²) in [6.07, 6.45) is 3.12.